The third-order valence-electron chi connectivity index (χ3n) is 17.1. The Balaban J connectivity index is 2.29. The molecule has 2 saturated heterocycles. The van der Waals surface area contributed by atoms with E-state index in [-0.39, 0.29) is 19.4 Å². The molecule has 89 heavy (non-hydrogen) atoms. The maximum Gasteiger partial charge on any atom is 0.308 e. The number of nitrogens with one attached hydrogen (secondary N) is 5. The molecule has 2 fully saturated rings. The number of amides is 11. The van der Waals surface area contributed by atoms with Crippen molar-refractivity contribution >= 4 is 70.9 Å². The summed E-state index contributed by atoms with van der Waals surface area (Å²) >= 11 is 0. The van der Waals surface area contributed by atoms with Crippen LogP contribution in [-0.4, -0.2) is 222 Å². The second kappa shape index (κ2) is 33.5. The van der Waals surface area contributed by atoms with Crippen LogP contribution in [0.25, 0.3) is 0 Å². The molecule has 12 atom stereocenters. The molecule has 0 unspecified atom stereocenters. The van der Waals surface area contributed by atoms with Gasteiger partial charge in [0, 0.05) is 48.2 Å². The van der Waals surface area contributed by atoms with Crippen LogP contribution in [0, 0.1) is 29.6 Å². The third-order valence-corrected chi connectivity index (χ3v) is 17.1. The molecule has 5 N–H and O–H groups in total. The van der Waals surface area contributed by atoms with E-state index in [1.165, 1.54) is 70.9 Å². The molecule has 3 rings (SSSR count). The van der Waals surface area contributed by atoms with Gasteiger partial charge in [0.25, 0.3) is 0 Å². The van der Waals surface area contributed by atoms with Crippen molar-refractivity contribution in [2.45, 2.75) is 215 Å². The molecule has 1 aromatic carbocycles. The minimum atomic E-state index is -1.61. The number of methoxy groups -OCH3 is 1. The lowest BCUT2D eigenvalue weighted by atomic mass is 9.92. The van der Waals surface area contributed by atoms with Crippen LogP contribution in [0.15, 0.2) is 24.3 Å². The molecule has 0 aliphatic carbocycles. The predicted octanol–water partition coefficient (Wildman–Crippen LogP) is 2.65. The number of carbonyl (C=O) groups is 12. The van der Waals surface area contributed by atoms with Crippen LogP contribution in [0.4, 0.5) is 0 Å². The molecule has 25 heteroatoms. The monoisotopic (exact) mass is 1250 g/mol. The van der Waals surface area contributed by atoms with Crippen molar-refractivity contribution in [3.8, 4) is 5.75 Å². The first kappa shape index (κ1) is 75.9. The smallest absolute Gasteiger partial charge is 0.308 e. The average molecular weight is 1250 g/mol. The molecule has 0 spiro atoms. The van der Waals surface area contributed by atoms with Gasteiger partial charge in [0.05, 0.1) is 20.1 Å². The van der Waals surface area contributed by atoms with E-state index in [9.17, 15) is 43.2 Å². The van der Waals surface area contributed by atoms with E-state index in [1.54, 1.807) is 100 Å². The largest absolute Gasteiger partial charge is 0.497 e. The predicted molar refractivity (Wildman–Crippen MR) is 335 cm³/mol. The highest BCUT2D eigenvalue weighted by molar-refractivity contribution is 6.00. The number of nitrogens with zero attached hydrogens (tertiary/aromatic N) is 6. The molecule has 0 radical (unpaired) electrons. The lowest BCUT2D eigenvalue weighted by molar-refractivity contribution is -0.162. The number of hydrogen-bond donors (Lipinski definition) is 5. The summed E-state index contributed by atoms with van der Waals surface area (Å²) < 4.78 is 11.0. The second-order valence-electron chi connectivity index (χ2n) is 26.2. The minimum Gasteiger partial charge on any atom is -0.497 e. The van der Waals surface area contributed by atoms with Crippen molar-refractivity contribution in [1.29, 1.82) is 0 Å². The summed E-state index contributed by atoms with van der Waals surface area (Å²) in [5.74, 6) is -11.0. The number of hydrogen-bond acceptors (Lipinski definition) is 14. The topological polar surface area (TPSA) is 303 Å². The van der Waals surface area contributed by atoms with Gasteiger partial charge in [-0.3, -0.25) is 57.5 Å². The Hall–Kier alpha value is -7.34. The van der Waals surface area contributed by atoms with E-state index >= 15 is 14.4 Å². The van der Waals surface area contributed by atoms with Crippen LogP contribution in [0.1, 0.15) is 148 Å². The molecular formula is C64H105N11O14. The van der Waals surface area contributed by atoms with E-state index in [2.05, 4.69) is 26.6 Å². The number of fused-ring (bicyclic) bond motifs is 1. The Bertz CT molecular complexity index is 2680. The fraction of sp³-hybridized carbons (Fsp3) is 0.719. The fourth-order valence-corrected chi connectivity index (χ4v) is 11.5. The number of carbonyl (C=O) groups excluding carboxylic acids is 12. The summed E-state index contributed by atoms with van der Waals surface area (Å²) in [6.07, 6.45) is 1.31. The van der Waals surface area contributed by atoms with Gasteiger partial charge in [0.1, 0.15) is 71.8 Å². The normalized spacial score (nSPS) is 26.6. The quantitative estimate of drug-likeness (QED) is 0.188. The molecule has 2 heterocycles. The summed E-state index contributed by atoms with van der Waals surface area (Å²) in [5, 5.41) is 13.7. The second-order valence-corrected chi connectivity index (χ2v) is 26.2. The van der Waals surface area contributed by atoms with Gasteiger partial charge in [-0.1, -0.05) is 94.2 Å². The summed E-state index contributed by atoms with van der Waals surface area (Å²) in [6, 6.07) is -5.99. The highest BCUT2D eigenvalue weighted by Gasteiger charge is 2.46. The zero-order valence-electron chi connectivity index (χ0n) is 56.7. The van der Waals surface area contributed by atoms with E-state index in [1.807, 2.05) is 13.8 Å². The van der Waals surface area contributed by atoms with Crippen molar-refractivity contribution in [2.24, 2.45) is 29.6 Å². The van der Waals surface area contributed by atoms with Gasteiger partial charge in [-0.25, -0.2) is 0 Å². The molecule has 11 amide bonds. The summed E-state index contributed by atoms with van der Waals surface area (Å²) in [6.45, 7) is 24.6. The van der Waals surface area contributed by atoms with E-state index in [0.29, 0.717) is 37.0 Å². The number of benzene rings is 1. The highest BCUT2D eigenvalue weighted by Crippen LogP contribution is 2.27. The Morgan fingerprint density at radius 2 is 1.08 bits per heavy atom. The lowest BCUT2D eigenvalue weighted by Crippen LogP contribution is -2.63. The Labute approximate surface area is 527 Å². The van der Waals surface area contributed by atoms with Crippen LogP contribution < -0.4 is 31.3 Å². The number of rotatable bonds is 12. The zero-order valence-corrected chi connectivity index (χ0v) is 56.7. The standard InChI is InChI=1S/C64H105N11O14/c1-22-38(9)52-56(80)65-34-47(76)71(17)50(36(5)6)57(81)68-44(32-42-27-29-43(88-21)30-28-42)55(79)66-40(11)54(78)67-41(12)59(83)75-31-25-24-26-45(75)60(84)72(18)51(37(7)8)58(82)69-49(35(3)4)62(86)70(16)46(33-48(77)89-64(13,14)15)61(85)74(20)53(39(10)23-2)63(87)73(52)19/h27-30,35-41,44-46,49-53H,22-26,31-34H2,1-21H3,(H,65,80)(H,66,79)(H,67,78)(H,68,81)(H,69,82)/t38-,39-,40-,41+,44-,45-,46-,49-,50-,51-,52-,53-/m0/s1. The average Bonchev–Trinajstić information content (AvgIpc) is 1.37. The molecule has 500 valence electrons. The van der Waals surface area contributed by atoms with Gasteiger partial charge in [0.2, 0.25) is 65.0 Å². The number of esters is 1. The molecule has 1 aromatic rings. The molecule has 25 nitrogen and oxygen atoms in total. The fourth-order valence-electron chi connectivity index (χ4n) is 11.5. The van der Waals surface area contributed by atoms with Gasteiger partial charge in [0.15, 0.2) is 0 Å². The van der Waals surface area contributed by atoms with Gasteiger partial charge in [-0.05, 0) is 101 Å². The third kappa shape index (κ3) is 20.1. The van der Waals surface area contributed by atoms with E-state index in [4.69, 9.17) is 9.47 Å². The number of piperidine rings is 1. The first-order chi connectivity index (χ1) is 41.4. The minimum absolute atomic E-state index is 0.0767. The number of ether oxygens (including phenoxy) is 2. The van der Waals surface area contributed by atoms with Crippen LogP contribution in [0.5, 0.6) is 5.75 Å². The zero-order chi connectivity index (χ0) is 67.8. The van der Waals surface area contributed by atoms with Crippen molar-refractivity contribution < 1.29 is 67.0 Å². The van der Waals surface area contributed by atoms with Gasteiger partial charge in [-0.15, -0.1) is 0 Å². The first-order valence-corrected chi connectivity index (χ1v) is 31.3. The molecule has 0 bridgehead atoms. The molecular weight excluding hydrogens is 1150 g/mol. The van der Waals surface area contributed by atoms with Gasteiger partial charge in [-0.2, -0.15) is 0 Å². The van der Waals surface area contributed by atoms with Crippen LogP contribution in [-0.2, 0) is 68.7 Å². The number of likely N-dealkylation sites (N-methyl/N-ethyl adjacent to an activating group) is 5. The highest BCUT2D eigenvalue weighted by atomic mass is 16.6. The van der Waals surface area contributed by atoms with Crippen LogP contribution in [0.2, 0.25) is 0 Å². The Morgan fingerprint density at radius 3 is 1.61 bits per heavy atom. The summed E-state index contributed by atoms with van der Waals surface area (Å²) in [4.78, 5) is 182. The Morgan fingerprint density at radius 1 is 0.562 bits per heavy atom. The van der Waals surface area contributed by atoms with Gasteiger partial charge < -0.3 is 65.5 Å². The molecule has 2 aliphatic heterocycles. The summed E-state index contributed by atoms with van der Waals surface area (Å²) in [5.41, 5.74) is -0.413. The molecule has 2 aliphatic rings. The van der Waals surface area contributed by atoms with Crippen molar-refractivity contribution in [3.05, 3.63) is 29.8 Å². The van der Waals surface area contributed by atoms with Crippen LogP contribution in [0.3, 0.4) is 0 Å². The van der Waals surface area contributed by atoms with Crippen LogP contribution >= 0.6 is 0 Å². The molecule has 0 aromatic heterocycles. The Kier molecular flexibility index (Phi) is 28.5. The van der Waals surface area contributed by atoms with Gasteiger partial charge >= 0.3 is 5.97 Å². The first-order valence-electron chi connectivity index (χ1n) is 31.3. The summed E-state index contributed by atoms with van der Waals surface area (Å²) in [7, 11) is 8.42. The maximum absolute atomic E-state index is 15.3. The molecule has 0 saturated carbocycles. The van der Waals surface area contributed by atoms with Crippen molar-refractivity contribution in [1.82, 2.24) is 56.0 Å². The maximum atomic E-state index is 15.3. The lowest BCUT2D eigenvalue weighted by Gasteiger charge is -2.41. The van der Waals surface area contributed by atoms with E-state index < -0.39 is 180 Å². The van der Waals surface area contributed by atoms with E-state index in [0.717, 1.165) is 14.7 Å². The van der Waals surface area contributed by atoms with Crippen molar-refractivity contribution in [3.63, 3.8) is 0 Å². The van der Waals surface area contributed by atoms with Crippen molar-refractivity contribution in [2.75, 3.05) is 55.4 Å². The SMILES string of the molecule is CC[C@H](C)[C@H]1C(=O)NCC(=O)N(C)[C@@H](C(C)C)C(=O)N[C@@H](Cc2ccc(OC)cc2)C(=O)N[C@@H](C)C(=O)N[C@H](C)C(=O)N2CCCC[C@H]2C(=O)N(C)[C@@H](C(C)C)C(=O)N[C@@H](C(C)C)C(=O)N(C)[C@@H](CC(=O)OC(C)(C)C)C(=O)N(C)[C@@H]([C@@H](C)CC)C(=O)N1C.